The van der Waals surface area contributed by atoms with Crippen LogP contribution in [0.15, 0.2) is 54.1 Å². The zero-order valence-electron chi connectivity index (χ0n) is 18.2. The van der Waals surface area contributed by atoms with Crippen LogP contribution in [0, 0.1) is 11.3 Å². The van der Waals surface area contributed by atoms with Crippen LogP contribution < -0.4 is 4.90 Å². The predicted molar refractivity (Wildman–Crippen MR) is 126 cm³/mol. The summed E-state index contributed by atoms with van der Waals surface area (Å²) in [5.41, 5.74) is 3.74. The van der Waals surface area contributed by atoms with E-state index in [0.717, 1.165) is 30.6 Å². The van der Waals surface area contributed by atoms with Crippen LogP contribution in [0.25, 0.3) is 16.8 Å². The molecule has 2 aromatic rings. The lowest BCUT2D eigenvalue weighted by molar-refractivity contribution is 0.0326. The molecule has 0 radical (unpaired) electrons. The minimum Gasteiger partial charge on any atom is -0.394 e. The molecule has 0 saturated carbocycles. The summed E-state index contributed by atoms with van der Waals surface area (Å²) in [6, 6.07) is 15.2. The highest BCUT2D eigenvalue weighted by Gasteiger charge is 2.12. The van der Waals surface area contributed by atoms with Crippen molar-refractivity contribution in [2.45, 2.75) is 25.7 Å². The SMILES string of the molecule is C=C(CCCOCCOCCO)/C(C#N)=C/c1ccc2cc(N3CCCC3)ccc2c1. The number of hydrogen-bond acceptors (Lipinski definition) is 5. The first-order valence-electron chi connectivity index (χ1n) is 11.1. The van der Waals surface area contributed by atoms with E-state index >= 15 is 0 Å². The van der Waals surface area contributed by atoms with Crippen LogP contribution in [-0.4, -0.2) is 51.2 Å². The normalized spacial score (nSPS) is 14.2. The molecule has 1 aliphatic rings. The molecule has 1 heterocycles. The maximum atomic E-state index is 9.60. The van der Waals surface area contributed by atoms with Crippen molar-refractivity contribution < 1.29 is 14.6 Å². The highest BCUT2D eigenvalue weighted by molar-refractivity contribution is 5.88. The fraction of sp³-hybridized carbons (Fsp3) is 0.423. The Kier molecular flexibility index (Phi) is 9.11. The molecule has 3 rings (SSSR count). The summed E-state index contributed by atoms with van der Waals surface area (Å²) < 4.78 is 10.7. The molecule has 0 atom stereocenters. The van der Waals surface area contributed by atoms with Crippen LogP contribution in [0.4, 0.5) is 5.69 Å². The van der Waals surface area contributed by atoms with Gasteiger partial charge in [-0.05, 0) is 71.9 Å². The number of hydrogen-bond donors (Lipinski definition) is 1. The van der Waals surface area contributed by atoms with E-state index in [4.69, 9.17) is 14.6 Å². The van der Waals surface area contributed by atoms with Gasteiger partial charge in [0.05, 0.1) is 38.1 Å². The van der Waals surface area contributed by atoms with Crippen molar-refractivity contribution in [3.63, 3.8) is 0 Å². The topological polar surface area (TPSA) is 65.7 Å². The average Bonchev–Trinajstić information content (AvgIpc) is 3.33. The smallest absolute Gasteiger partial charge is 0.0994 e. The Bertz CT molecular complexity index is 939. The number of nitriles is 1. The maximum Gasteiger partial charge on any atom is 0.0994 e. The van der Waals surface area contributed by atoms with Gasteiger partial charge in [-0.1, -0.05) is 24.8 Å². The van der Waals surface area contributed by atoms with Gasteiger partial charge in [0.1, 0.15) is 0 Å². The minimum atomic E-state index is 0.0277. The maximum absolute atomic E-state index is 9.60. The predicted octanol–water partition coefficient (Wildman–Crippen LogP) is 4.71. The first-order valence-corrected chi connectivity index (χ1v) is 11.1. The molecule has 0 amide bonds. The Balaban J connectivity index is 1.55. The molecule has 31 heavy (non-hydrogen) atoms. The van der Waals surface area contributed by atoms with E-state index in [9.17, 15) is 5.26 Å². The van der Waals surface area contributed by atoms with Crippen LogP contribution in [0.2, 0.25) is 0 Å². The van der Waals surface area contributed by atoms with Crippen molar-refractivity contribution in [1.29, 1.82) is 5.26 Å². The van der Waals surface area contributed by atoms with E-state index in [-0.39, 0.29) is 6.61 Å². The minimum absolute atomic E-state index is 0.0277. The molecule has 0 unspecified atom stereocenters. The first-order chi connectivity index (χ1) is 15.2. The van der Waals surface area contributed by atoms with Crippen molar-refractivity contribution in [3.8, 4) is 6.07 Å². The molecule has 0 aliphatic carbocycles. The second kappa shape index (κ2) is 12.3. The monoisotopic (exact) mass is 420 g/mol. The molecule has 1 aliphatic heterocycles. The largest absolute Gasteiger partial charge is 0.394 e. The van der Waals surface area contributed by atoms with Gasteiger partial charge in [-0.25, -0.2) is 0 Å². The highest BCUT2D eigenvalue weighted by Crippen LogP contribution is 2.27. The number of aliphatic hydroxyl groups excluding tert-OH is 1. The van der Waals surface area contributed by atoms with Crippen molar-refractivity contribution in [3.05, 3.63) is 59.7 Å². The summed E-state index contributed by atoms with van der Waals surface area (Å²) in [6.07, 6.45) is 5.97. The Morgan fingerprint density at radius 3 is 2.48 bits per heavy atom. The van der Waals surface area contributed by atoms with E-state index in [1.54, 1.807) is 0 Å². The fourth-order valence-corrected chi connectivity index (χ4v) is 3.80. The number of rotatable bonds is 12. The van der Waals surface area contributed by atoms with E-state index in [0.29, 0.717) is 38.4 Å². The highest BCUT2D eigenvalue weighted by atomic mass is 16.5. The summed E-state index contributed by atoms with van der Waals surface area (Å²) in [6.45, 7) is 8.32. The molecule has 1 saturated heterocycles. The summed E-state index contributed by atoms with van der Waals surface area (Å²) in [5.74, 6) is 0. The number of benzene rings is 2. The third-order valence-electron chi connectivity index (χ3n) is 5.51. The number of ether oxygens (including phenoxy) is 2. The van der Waals surface area contributed by atoms with E-state index < -0.39 is 0 Å². The van der Waals surface area contributed by atoms with E-state index in [2.05, 4.69) is 53.9 Å². The van der Waals surface area contributed by atoms with Crippen molar-refractivity contribution >= 4 is 22.5 Å². The van der Waals surface area contributed by atoms with Crippen molar-refractivity contribution in [2.75, 3.05) is 51.0 Å². The molecule has 0 aromatic heterocycles. The lowest BCUT2D eigenvalue weighted by atomic mass is 9.99. The molecule has 0 bridgehead atoms. The van der Waals surface area contributed by atoms with Gasteiger partial charge in [0.2, 0.25) is 0 Å². The average molecular weight is 421 g/mol. The summed E-state index contributed by atoms with van der Waals surface area (Å²) in [5, 5.41) is 20.6. The molecule has 5 nitrogen and oxygen atoms in total. The van der Waals surface area contributed by atoms with Crippen LogP contribution in [0.3, 0.4) is 0 Å². The number of anilines is 1. The van der Waals surface area contributed by atoms with E-state index in [1.807, 2.05) is 6.08 Å². The summed E-state index contributed by atoms with van der Waals surface area (Å²) >= 11 is 0. The van der Waals surface area contributed by atoms with Crippen LogP contribution >= 0.6 is 0 Å². The molecule has 1 N–H and O–H groups in total. The summed E-state index contributed by atoms with van der Waals surface area (Å²) in [4.78, 5) is 2.44. The second-order valence-electron chi connectivity index (χ2n) is 7.81. The zero-order valence-corrected chi connectivity index (χ0v) is 18.2. The molecule has 2 aromatic carbocycles. The Morgan fingerprint density at radius 2 is 1.74 bits per heavy atom. The van der Waals surface area contributed by atoms with Gasteiger partial charge in [0, 0.05) is 25.4 Å². The van der Waals surface area contributed by atoms with Gasteiger partial charge in [-0.15, -0.1) is 0 Å². The Hall–Kier alpha value is -2.65. The zero-order chi connectivity index (χ0) is 21.9. The second-order valence-corrected chi connectivity index (χ2v) is 7.81. The lowest BCUT2D eigenvalue weighted by Crippen LogP contribution is -2.17. The van der Waals surface area contributed by atoms with Gasteiger partial charge in [-0.3, -0.25) is 0 Å². The van der Waals surface area contributed by atoms with Crippen molar-refractivity contribution in [1.82, 2.24) is 0 Å². The van der Waals surface area contributed by atoms with E-state index in [1.165, 1.54) is 29.3 Å². The molecule has 164 valence electrons. The van der Waals surface area contributed by atoms with Gasteiger partial charge in [0.15, 0.2) is 0 Å². The number of allylic oxidation sites excluding steroid dienone is 2. The molecule has 0 spiro atoms. The third-order valence-corrected chi connectivity index (χ3v) is 5.51. The standard InChI is InChI=1S/C26H32N2O3/c1-21(5-4-13-30-15-16-31-14-12-29)25(20-27)18-22-6-7-24-19-26(9-8-23(24)17-22)28-10-2-3-11-28/h6-9,17-19,29H,1-5,10-16H2/b25-18+. The molecular weight excluding hydrogens is 388 g/mol. The molecular formula is C26H32N2O3. The van der Waals surface area contributed by atoms with Crippen LogP contribution in [0.1, 0.15) is 31.2 Å². The third kappa shape index (κ3) is 6.93. The molecule has 1 fully saturated rings. The number of aliphatic hydroxyl groups is 1. The van der Waals surface area contributed by atoms with Gasteiger partial charge in [0.25, 0.3) is 0 Å². The Morgan fingerprint density at radius 1 is 1.03 bits per heavy atom. The molecule has 5 heteroatoms. The van der Waals surface area contributed by atoms with Crippen LogP contribution in [0.5, 0.6) is 0 Å². The van der Waals surface area contributed by atoms with Crippen LogP contribution in [-0.2, 0) is 9.47 Å². The van der Waals surface area contributed by atoms with Gasteiger partial charge in [-0.2, -0.15) is 5.26 Å². The summed E-state index contributed by atoms with van der Waals surface area (Å²) in [7, 11) is 0. The Labute approximate surface area is 185 Å². The number of nitrogens with zero attached hydrogens (tertiary/aromatic N) is 2. The van der Waals surface area contributed by atoms with Crippen molar-refractivity contribution in [2.24, 2.45) is 0 Å². The lowest BCUT2D eigenvalue weighted by Gasteiger charge is -2.18. The first kappa shape index (κ1) is 23.0. The fourth-order valence-electron chi connectivity index (χ4n) is 3.80. The number of fused-ring (bicyclic) bond motifs is 1. The van der Waals surface area contributed by atoms with Gasteiger partial charge >= 0.3 is 0 Å². The van der Waals surface area contributed by atoms with Gasteiger partial charge < -0.3 is 19.5 Å². The quantitative estimate of drug-likeness (QED) is 0.306.